The smallest absolute Gasteiger partial charge is 0.411 e. The van der Waals surface area contributed by atoms with Crippen LogP contribution in [0.4, 0.5) is 4.79 Å². The number of ether oxygens (including phenoxy) is 1. The maximum atomic E-state index is 12.9. The van der Waals surface area contributed by atoms with Gasteiger partial charge in [-0.2, -0.15) is 0 Å². The minimum absolute atomic E-state index is 0.0995. The molecular weight excluding hydrogens is 432 g/mol. The number of aromatic nitrogens is 1. The third-order valence-electron chi connectivity index (χ3n) is 6.28. The van der Waals surface area contributed by atoms with E-state index in [9.17, 15) is 4.79 Å². The molecule has 0 aliphatic carbocycles. The topological polar surface area (TPSA) is 42.4 Å². The number of benzene rings is 2. The second kappa shape index (κ2) is 9.18. The van der Waals surface area contributed by atoms with Gasteiger partial charge in [-0.3, -0.25) is 9.88 Å². The minimum atomic E-state index is -0.297. The Morgan fingerprint density at radius 1 is 1.00 bits per heavy atom. The van der Waals surface area contributed by atoms with Gasteiger partial charge in [0.05, 0.1) is 23.3 Å². The maximum absolute atomic E-state index is 12.9. The van der Waals surface area contributed by atoms with Crippen molar-refractivity contribution in [2.24, 2.45) is 0 Å². The largest absolute Gasteiger partial charge is 0.439 e. The van der Waals surface area contributed by atoms with Crippen molar-refractivity contribution >= 4 is 17.7 Å². The van der Waals surface area contributed by atoms with Crippen molar-refractivity contribution < 1.29 is 9.53 Å². The van der Waals surface area contributed by atoms with E-state index < -0.39 is 0 Å². The van der Waals surface area contributed by atoms with E-state index in [1.165, 1.54) is 11.1 Å². The summed E-state index contributed by atoms with van der Waals surface area (Å²) in [5.74, 6) is 0.294. The van der Waals surface area contributed by atoms with Crippen molar-refractivity contribution in [2.75, 3.05) is 0 Å². The fourth-order valence-corrected chi connectivity index (χ4v) is 4.78. The van der Waals surface area contributed by atoms with Gasteiger partial charge in [-0.05, 0) is 56.9 Å². The number of aryl methyl sites for hydroxylation is 3. The van der Waals surface area contributed by atoms with E-state index >= 15 is 0 Å². The van der Waals surface area contributed by atoms with Crippen LogP contribution >= 0.6 is 11.6 Å². The number of rotatable bonds is 5. The Morgan fingerprint density at radius 2 is 1.70 bits per heavy atom. The second-order valence-electron chi connectivity index (χ2n) is 9.48. The van der Waals surface area contributed by atoms with Crippen LogP contribution in [0.3, 0.4) is 0 Å². The van der Waals surface area contributed by atoms with Crippen molar-refractivity contribution in [1.29, 1.82) is 0 Å². The van der Waals surface area contributed by atoms with Crippen LogP contribution in [-0.2, 0) is 11.3 Å². The molecule has 4 rings (SSSR count). The van der Waals surface area contributed by atoms with Gasteiger partial charge in [-0.25, -0.2) is 4.79 Å². The number of hydrogen-bond acceptors (Lipinski definition) is 3. The Kier molecular flexibility index (Phi) is 6.49. The lowest BCUT2D eigenvalue weighted by atomic mass is 9.97. The lowest BCUT2D eigenvalue weighted by Gasteiger charge is -2.23. The molecule has 33 heavy (non-hydrogen) atoms. The first-order valence-corrected chi connectivity index (χ1v) is 11.8. The van der Waals surface area contributed by atoms with E-state index in [2.05, 4.69) is 71.0 Å². The zero-order valence-corrected chi connectivity index (χ0v) is 20.9. The number of halogens is 1. The average molecular weight is 463 g/mol. The third kappa shape index (κ3) is 4.77. The zero-order valence-electron chi connectivity index (χ0n) is 20.1. The van der Waals surface area contributed by atoms with E-state index in [1.54, 1.807) is 4.90 Å². The first kappa shape index (κ1) is 23.3. The Labute approximate surface area is 201 Å². The summed E-state index contributed by atoms with van der Waals surface area (Å²) in [6, 6.07) is 16.3. The molecule has 2 aromatic carbocycles. The summed E-state index contributed by atoms with van der Waals surface area (Å²) in [5, 5.41) is 0.606. The highest BCUT2D eigenvalue weighted by atomic mass is 35.5. The molecule has 3 aromatic rings. The van der Waals surface area contributed by atoms with Crippen LogP contribution < -0.4 is 0 Å². The number of cyclic esters (lactones) is 1. The van der Waals surface area contributed by atoms with E-state index in [-0.39, 0.29) is 18.2 Å². The predicted molar refractivity (Wildman–Crippen MR) is 134 cm³/mol. The lowest BCUT2D eigenvalue weighted by molar-refractivity contribution is 0.130. The van der Waals surface area contributed by atoms with Gasteiger partial charge in [0, 0.05) is 11.3 Å². The van der Waals surface area contributed by atoms with Crippen LogP contribution in [0.2, 0.25) is 5.02 Å². The number of nitrogens with zero attached hydrogens (tertiary/aromatic N) is 2. The van der Waals surface area contributed by atoms with Crippen LogP contribution in [0.25, 0.3) is 11.3 Å². The molecule has 0 N–H and O–H groups in total. The van der Waals surface area contributed by atoms with Gasteiger partial charge in [0.15, 0.2) is 0 Å². The minimum Gasteiger partial charge on any atom is -0.439 e. The summed E-state index contributed by atoms with van der Waals surface area (Å²) in [7, 11) is 0. The van der Waals surface area contributed by atoms with E-state index in [4.69, 9.17) is 21.3 Å². The molecule has 4 nitrogen and oxygen atoms in total. The Balaban J connectivity index is 1.69. The Morgan fingerprint density at radius 3 is 2.36 bits per heavy atom. The number of amides is 1. The van der Waals surface area contributed by atoms with Crippen LogP contribution in [0.5, 0.6) is 0 Å². The highest BCUT2D eigenvalue weighted by Gasteiger charge is 2.40. The molecule has 0 spiro atoms. The molecule has 172 valence electrons. The summed E-state index contributed by atoms with van der Waals surface area (Å²) >= 11 is 6.59. The van der Waals surface area contributed by atoms with Gasteiger partial charge in [0.25, 0.3) is 0 Å². The van der Waals surface area contributed by atoms with Gasteiger partial charge in [0.1, 0.15) is 6.10 Å². The highest BCUT2D eigenvalue weighted by Crippen LogP contribution is 2.37. The predicted octanol–water partition coefficient (Wildman–Crippen LogP) is 7.53. The van der Waals surface area contributed by atoms with Crippen LogP contribution in [0, 0.1) is 20.8 Å². The standard InChI is InChI=1S/C28H31ClN2O2/c1-16(2)25-10-9-24(29)26(30-25)23-8-7-17(3)12-22(23)15-31-20(6)27(33-28(31)32)21-13-18(4)11-19(5)14-21/h7-14,16,20,27H,15H2,1-6H3/t20-,27-/m0/s1. The molecule has 2 heterocycles. The quantitative estimate of drug-likeness (QED) is 0.393. The zero-order chi connectivity index (χ0) is 23.9. The van der Waals surface area contributed by atoms with Crippen LogP contribution in [0.15, 0.2) is 48.5 Å². The normalized spacial score (nSPS) is 18.2. The third-order valence-corrected chi connectivity index (χ3v) is 6.59. The van der Waals surface area contributed by atoms with Crippen molar-refractivity contribution in [3.05, 3.63) is 87.1 Å². The van der Waals surface area contributed by atoms with Gasteiger partial charge in [-0.15, -0.1) is 0 Å². The Bertz CT molecular complexity index is 1180. The maximum Gasteiger partial charge on any atom is 0.411 e. The van der Waals surface area contributed by atoms with Crippen LogP contribution in [-0.4, -0.2) is 22.0 Å². The van der Waals surface area contributed by atoms with Gasteiger partial charge in [-0.1, -0.05) is 78.5 Å². The second-order valence-corrected chi connectivity index (χ2v) is 9.88. The highest BCUT2D eigenvalue weighted by molar-refractivity contribution is 6.33. The van der Waals surface area contributed by atoms with E-state index in [1.807, 2.05) is 19.1 Å². The number of pyridine rings is 1. The fourth-order valence-electron chi connectivity index (χ4n) is 4.57. The summed E-state index contributed by atoms with van der Waals surface area (Å²) < 4.78 is 5.85. The molecule has 1 aliphatic heterocycles. The van der Waals surface area contributed by atoms with E-state index in [0.717, 1.165) is 33.6 Å². The molecule has 1 amide bonds. The number of carbonyl (C=O) groups excluding carboxylic acids is 1. The summed E-state index contributed by atoms with van der Waals surface area (Å²) in [4.78, 5) is 19.6. The van der Waals surface area contributed by atoms with Crippen molar-refractivity contribution in [3.63, 3.8) is 0 Å². The summed E-state index contributed by atoms with van der Waals surface area (Å²) in [6.45, 7) is 12.9. The molecule has 0 bridgehead atoms. The molecule has 5 heteroatoms. The van der Waals surface area contributed by atoms with Crippen molar-refractivity contribution in [3.8, 4) is 11.3 Å². The average Bonchev–Trinajstić information content (AvgIpc) is 3.02. The SMILES string of the molecule is Cc1cc(C)cc([C@H]2OC(=O)N(Cc3cc(C)ccc3-c3nc(C(C)C)ccc3Cl)[C@H]2C)c1. The molecule has 1 aromatic heterocycles. The summed E-state index contributed by atoms with van der Waals surface area (Å²) in [5.41, 5.74) is 8.19. The van der Waals surface area contributed by atoms with Gasteiger partial charge in [0.2, 0.25) is 0 Å². The molecule has 1 saturated heterocycles. The van der Waals surface area contributed by atoms with Crippen molar-refractivity contribution in [2.45, 2.75) is 66.2 Å². The summed E-state index contributed by atoms with van der Waals surface area (Å²) in [6.07, 6.45) is -0.593. The molecule has 0 unspecified atom stereocenters. The number of hydrogen-bond donors (Lipinski definition) is 0. The van der Waals surface area contributed by atoms with Crippen LogP contribution in [0.1, 0.15) is 66.3 Å². The lowest BCUT2D eigenvalue weighted by Crippen LogP contribution is -2.31. The first-order chi connectivity index (χ1) is 15.6. The molecule has 0 saturated carbocycles. The van der Waals surface area contributed by atoms with Crippen molar-refractivity contribution in [1.82, 2.24) is 9.88 Å². The molecule has 0 radical (unpaired) electrons. The first-order valence-electron chi connectivity index (χ1n) is 11.5. The number of carbonyl (C=O) groups is 1. The fraction of sp³-hybridized carbons (Fsp3) is 0.357. The molecular formula is C28H31ClN2O2. The molecule has 2 atom stereocenters. The molecule has 1 aliphatic rings. The molecule has 1 fully saturated rings. The van der Waals surface area contributed by atoms with E-state index in [0.29, 0.717) is 17.5 Å². The Hall–Kier alpha value is -2.85. The monoisotopic (exact) mass is 462 g/mol. The van der Waals surface area contributed by atoms with Gasteiger partial charge >= 0.3 is 6.09 Å². The van der Waals surface area contributed by atoms with Gasteiger partial charge < -0.3 is 4.74 Å².